The maximum Gasteiger partial charge on any atom is 0.416 e. The van der Waals surface area contributed by atoms with Crippen LogP contribution in [-0.4, -0.2) is 37.0 Å². The van der Waals surface area contributed by atoms with Gasteiger partial charge in [0.05, 0.1) is 16.8 Å². The monoisotopic (exact) mass is 527 g/mol. The smallest absolute Gasteiger partial charge is 0.355 e. The number of aliphatic imine (C=N–C) groups is 1. The second-order valence-corrected chi connectivity index (χ2v) is 6.42. The van der Waals surface area contributed by atoms with E-state index in [0.717, 1.165) is 12.1 Å². The minimum atomic E-state index is -4.34. The molecule has 1 amide bonds. The van der Waals surface area contributed by atoms with E-state index < -0.39 is 11.7 Å². The van der Waals surface area contributed by atoms with Crippen molar-refractivity contribution >= 4 is 47.2 Å². The van der Waals surface area contributed by atoms with Crippen LogP contribution in [0.15, 0.2) is 34.8 Å². The van der Waals surface area contributed by atoms with Crippen LogP contribution in [0.4, 0.5) is 13.2 Å². The Morgan fingerprint density at radius 2 is 1.79 bits per heavy atom. The van der Waals surface area contributed by atoms with Crippen LogP contribution >= 0.6 is 35.3 Å². The van der Waals surface area contributed by atoms with E-state index in [1.54, 1.807) is 19.5 Å². The van der Waals surface area contributed by atoms with Crippen LogP contribution in [0.1, 0.15) is 26.5 Å². The molecule has 28 heavy (non-hydrogen) atoms. The number of aryl methyl sites for hydroxylation is 1. The third-order valence-corrected chi connectivity index (χ3v) is 4.55. The maximum absolute atomic E-state index is 12.6. The summed E-state index contributed by atoms with van der Waals surface area (Å²) in [5.74, 6) is 0.308. The molecule has 0 saturated carbocycles. The lowest BCUT2D eigenvalue weighted by Crippen LogP contribution is -2.41. The van der Waals surface area contributed by atoms with Crippen molar-refractivity contribution in [1.29, 1.82) is 0 Å². The van der Waals surface area contributed by atoms with Gasteiger partial charge in [-0.1, -0.05) is 12.1 Å². The molecule has 0 spiro atoms. The molecule has 1 aromatic heterocycles. The Labute approximate surface area is 182 Å². The molecule has 3 N–H and O–H groups in total. The first-order chi connectivity index (χ1) is 12.8. The van der Waals surface area contributed by atoms with E-state index >= 15 is 0 Å². The number of guanidine groups is 1. The molecule has 0 radical (unpaired) electrons. The molecule has 0 fully saturated rings. The Morgan fingerprint density at radius 3 is 2.32 bits per heavy atom. The number of hydrogen-bond donors (Lipinski definition) is 3. The van der Waals surface area contributed by atoms with Crippen LogP contribution in [0.2, 0.25) is 0 Å². The third kappa shape index (κ3) is 7.26. The number of aromatic nitrogens is 1. The summed E-state index contributed by atoms with van der Waals surface area (Å²) < 4.78 is 37.7. The van der Waals surface area contributed by atoms with Gasteiger partial charge in [0.15, 0.2) is 5.96 Å². The molecule has 0 aliphatic rings. The summed E-state index contributed by atoms with van der Waals surface area (Å²) in [4.78, 5) is 20.6. The molecular weight excluding hydrogens is 506 g/mol. The summed E-state index contributed by atoms with van der Waals surface area (Å²) in [6.45, 7) is 2.92. The normalized spacial score (nSPS) is 11.5. The van der Waals surface area contributed by atoms with Crippen molar-refractivity contribution in [3.05, 3.63) is 51.5 Å². The lowest BCUT2D eigenvalue weighted by Gasteiger charge is -2.13. The molecule has 154 valence electrons. The van der Waals surface area contributed by atoms with Crippen LogP contribution in [-0.2, 0) is 12.7 Å². The van der Waals surface area contributed by atoms with Crippen molar-refractivity contribution in [2.24, 2.45) is 4.99 Å². The van der Waals surface area contributed by atoms with Gasteiger partial charge in [0, 0.05) is 26.7 Å². The number of rotatable bonds is 6. The molecule has 0 aliphatic carbocycles. The van der Waals surface area contributed by atoms with E-state index in [0.29, 0.717) is 41.7 Å². The number of nitrogens with one attached hydrogen (secondary N) is 3. The van der Waals surface area contributed by atoms with Gasteiger partial charge >= 0.3 is 6.18 Å². The Balaban J connectivity index is 0.00000392. The Kier molecular flexibility index (Phi) is 9.65. The van der Waals surface area contributed by atoms with Crippen LogP contribution in [0.3, 0.4) is 0 Å². The second kappa shape index (κ2) is 11.2. The summed E-state index contributed by atoms with van der Waals surface area (Å²) in [6.07, 6.45) is -4.34. The van der Waals surface area contributed by atoms with Crippen molar-refractivity contribution in [2.75, 3.05) is 20.1 Å². The molecule has 1 heterocycles. The zero-order valence-corrected chi connectivity index (χ0v) is 18.4. The van der Waals surface area contributed by atoms with E-state index in [4.69, 9.17) is 0 Å². The van der Waals surface area contributed by atoms with Gasteiger partial charge < -0.3 is 16.0 Å². The summed E-state index contributed by atoms with van der Waals surface area (Å²) in [5.41, 5.74) is 2.33. The van der Waals surface area contributed by atoms with Crippen molar-refractivity contribution in [3.63, 3.8) is 0 Å². The van der Waals surface area contributed by atoms with Gasteiger partial charge in [-0.2, -0.15) is 13.2 Å². The number of thiazole rings is 1. The molecule has 11 heteroatoms. The highest BCUT2D eigenvalue weighted by molar-refractivity contribution is 14.0. The van der Waals surface area contributed by atoms with Gasteiger partial charge in [-0.25, -0.2) is 4.98 Å². The molecule has 2 rings (SSSR count). The fourth-order valence-corrected chi connectivity index (χ4v) is 2.89. The van der Waals surface area contributed by atoms with Crippen molar-refractivity contribution in [1.82, 2.24) is 20.9 Å². The number of hydrogen-bond acceptors (Lipinski definition) is 4. The SMILES string of the molecule is CN=C(NCCNC(=O)c1scnc1C)NCc1ccc(C(F)(F)F)cc1.I. The van der Waals surface area contributed by atoms with Gasteiger partial charge in [0.2, 0.25) is 0 Å². The lowest BCUT2D eigenvalue weighted by atomic mass is 10.1. The van der Waals surface area contributed by atoms with E-state index in [1.165, 1.54) is 23.5 Å². The number of carbonyl (C=O) groups is 1. The second-order valence-electron chi connectivity index (χ2n) is 5.57. The van der Waals surface area contributed by atoms with Crippen LogP contribution in [0, 0.1) is 6.92 Å². The van der Waals surface area contributed by atoms with Crippen LogP contribution in [0.5, 0.6) is 0 Å². The molecule has 6 nitrogen and oxygen atoms in total. The minimum absolute atomic E-state index is 0. The molecule has 0 atom stereocenters. The fourth-order valence-electron chi connectivity index (χ4n) is 2.18. The van der Waals surface area contributed by atoms with E-state index in [9.17, 15) is 18.0 Å². The summed E-state index contributed by atoms with van der Waals surface area (Å²) >= 11 is 1.28. The quantitative estimate of drug-likeness (QED) is 0.234. The number of alkyl halides is 3. The highest BCUT2D eigenvalue weighted by Gasteiger charge is 2.29. The first-order valence-corrected chi connectivity index (χ1v) is 8.98. The zero-order chi connectivity index (χ0) is 19.9. The highest BCUT2D eigenvalue weighted by atomic mass is 127. The number of benzene rings is 1. The zero-order valence-electron chi connectivity index (χ0n) is 15.3. The fraction of sp³-hybridized carbons (Fsp3) is 0.353. The molecule has 0 saturated heterocycles. The molecule has 2 aromatic rings. The van der Waals surface area contributed by atoms with Gasteiger partial charge in [-0.05, 0) is 24.6 Å². The van der Waals surface area contributed by atoms with Gasteiger partial charge in [-0.3, -0.25) is 9.79 Å². The maximum atomic E-state index is 12.6. The van der Waals surface area contributed by atoms with E-state index in [1.807, 2.05) is 0 Å². The largest absolute Gasteiger partial charge is 0.416 e. The van der Waals surface area contributed by atoms with Crippen LogP contribution in [0.25, 0.3) is 0 Å². The molecule has 0 unspecified atom stereocenters. The minimum Gasteiger partial charge on any atom is -0.355 e. The summed E-state index contributed by atoms with van der Waals surface area (Å²) in [7, 11) is 1.58. The first-order valence-electron chi connectivity index (χ1n) is 8.10. The van der Waals surface area contributed by atoms with Crippen molar-refractivity contribution < 1.29 is 18.0 Å². The Hall–Kier alpha value is -1.89. The number of amides is 1. The molecular formula is C17H21F3IN5OS. The average molecular weight is 527 g/mol. The van der Waals surface area contributed by atoms with Crippen LogP contribution < -0.4 is 16.0 Å². The van der Waals surface area contributed by atoms with Gasteiger partial charge in [0.1, 0.15) is 4.88 Å². The summed E-state index contributed by atoms with van der Waals surface area (Å²) in [6, 6.07) is 4.93. The standard InChI is InChI=1S/C17H20F3N5OS.HI/c1-11-14(27-10-25-11)15(26)22-7-8-23-16(21-2)24-9-12-3-5-13(6-4-12)17(18,19)20;/h3-6,10H,7-9H2,1-2H3,(H,22,26)(H2,21,23,24);1H. The molecule has 0 bridgehead atoms. The first kappa shape index (κ1) is 24.1. The van der Waals surface area contributed by atoms with Crippen molar-refractivity contribution in [2.45, 2.75) is 19.6 Å². The highest BCUT2D eigenvalue weighted by Crippen LogP contribution is 2.29. The predicted octanol–water partition coefficient (Wildman–Crippen LogP) is 3.18. The van der Waals surface area contributed by atoms with Gasteiger partial charge in [-0.15, -0.1) is 35.3 Å². The lowest BCUT2D eigenvalue weighted by molar-refractivity contribution is -0.137. The topological polar surface area (TPSA) is 78.4 Å². The van der Waals surface area contributed by atoms with E-state index in [-0.39, 0.29) is 29.9 Å². The number of nitrogens with zero attached hydrogens (tertiary/aromatic N) is 2. The van der Waals surface area contributed by atoms with Gasteiger partial charge in [0.25, 0.3) is 5.91 Å². The van der Waals surface area contributed by atoms with E-state index in [2.05, 4.69) is 25.9 Å². The Bertz CT molecular complexity index is 793. The number of halogens is 4. The third-order valence-electron chi connectivity index (χ3n) is 3.62. The molecule has 1 aromatic carbocycles. The summed E-state index contributed by atoms with van der Waals surface area (Å²) in [5, 5.41) is 8.81. The Morgan fingerprint density at radius 1 is 1.14 bits per heavy atom. The average Bonchev–Trinajstić information content (AvgIpc) is 3.06. The molecule has 0 aliphatic heterocycles. The number of carbonyl (C=O) groups excluding carboxylic acids is 1. The predicted molar refractivity (Wildman–Crippen MR) is 114 cm³/mol. The van der Waals surface area contributed by atoms with Crippen molar-refractivity contribution in [3.8, 4) is 0 Å².